The Morgan fingerprint density at radius 3 is 2.67 bits per heavy atom. The molecule has 2 N–H and O–H groups in total. The molecule has 1 fully saturated rings. The number of aliphatic hydroxyl groups excluding tert-OH is 1. The molecule has 4 nitrogen and oxygen atoms in total. The first-order valence-corrected chi connectivity index (χ1v) is 7.90. The van der Waals surface area contributed by atoms with Crippen molar-refractivity contribution in [3.63, 3.8) is 0 Å². The third-order valence-corrected chi connectivity index (χ3v) is 4.20. The zero-order valence-corrected chi connectivity index (χ0v) is 13.1. The molecule has 0 atom stereocenters. The quantitative estimate of drug-likeness (QED) is 0.876. The molecule has 0 bridgehead atoms. The summed E-state index contributed by atoms with van der Waals surface area (Å²) in [5, 5.41) is 12.5. The summed E-state index contributed by atoms with van der Waals surface area (Å²) in [7, 11) is 0. The van der Waals surface area contributed by atoms with Crippen LogP contribution in [0, 0.1) is 12.8 Å². The van der Waals surface area contributed by atoms with E-state index in [4.69, 9.17) is 5.11 Å². The van der Waals surface area contributed by atoms with Crippen LogP contribution >= 0.6 is 0 Å². The van der Waals surface area contributed by atoms with E-state index in [0.717, 1.165) is 55.7 Å². The minimum absolute atomic E-state index is 0.117. The van der Waals surface area contributed by atoms with E-state index in [9.17, 15) is 4.79 Å². The normalized spacial score (nSPS) is 16.0. The zero-order valence-electron chi connectivity index (χ0n) is 13.1. The Morgan fingerprint density at radius 2 is 2.10 bits per heavy atom. The number of amides is 1. The highest BCUT2D eigenvalue weighted by atomic mass is 16.3. The third-order valence-electron chi connectivity index (χ3n) is 4.20. The molecule has 0 saturated carbocycles. The molecule has 21 heavy (non-hydrogen) atoms. The average molecular weight is 290 g/mol. The van der Waals surface area contributed by atoms with Crippen molar-refractivity contribution in [2.45, 2.75) is 33.1 Å². The molecule has 0 aliphatic carbocycles. The lowest BCUT2D eigenvalue weighted by atomic mass is 9.97. The Bertz CT molecular complexity index is 480. The lowest BCUT2D eigenvalue weighted by Crippen LogP contribution is -2.39. The van der Waals surface area contributed by atoms with E-state index in [1.54, 1.807) is 0 Å². The topological polar surface area (TPSA) is 52.6 Å². The zero-order chi connectivity index (χ0) is 15.2. The van der Waals surface area contributed by atoms with E-state index in [-0.39, 0.29) is 12.5 Å². The number of rotatable bonds is 5. The number of carbonyl (C=O) groups excluding carboxylic acids is 1. The van der Waals surface area contributed by atoms with E-state index in [2.05, 4.69) is 12.2 Å². The number of nitrogens with one attached hydrogen (secondary N) is 1. The van der Waals surface area contributed by atoms with Gasteiger partial charge in [0.25, 0.3) is 5.91 Å². The van der Waals surface area contributed by atoms with Crippen LogP contribution in [0.25, 0.3) is 0 Å². The maximum Gasteiger partial charge on any atom is 0.254 e. The molecule has 0 unspecified atom stereocenters. The number of nitrogens with zero attached hydrogens (tertiary/aromatic N) is 1. The molecule has 0 aromatic heterocycles. The molecule has 1 amide bonds. The summed E-state index contributed by atoms with van der Waals surface area (Å²) in [4.78, 5) is 14.5. The maximum atomic E-state index is 12.6. The van der Waals surface area contributed by atoms with Gasteiger partial charge in [-0.05, 0) is 55.9 Å². The first-order chi connectivity index (χ1) is 10.2. The summed E-state index contributed by atoms with van der Waals surface area (Å²) in [6.45, 7) is 6.80. The first-order valence-electron chi connectivity index (χ1n) is 7.90. The highest BCUT2D eigenvalue weighted by Crippen LogP contribution is 2.21. The monoisotopic (exact) mass is 290 g/mol. The van der Waals surface area contributed by atoms with Crippen molar-refractivity contribution in [2.24, 2.45) is 5.92 Å². The lowest BCUT2D eigenvalue weighted by Gasteiger charge is -2.31. The smallest absolute Gasteiger partial charge is 0.254 e. The number of hydrogen-bond donors (Lipinski definition) is 2. The van der Waals surface area contributed by atoms with Crippen LogP contribution in [0.15, 0.2) is 18.2 Å². The standard InChI is InChI=1S/C17H26N2O2/c1-3-8-18-15-4-5-16(13(2)11-15)17(21)19-9-6-14(12-20)7-10-19/h4-5,11,14,18,20H,3,6-10,12H2,1-2H3. The van der Waals surface area contributed by atoms with E-state index < -0.39 is 0 Å². The molecular formula is C17H26N2O2. The molecule has 1 aliphatic rings. The summed E-state index contributed by atoms with van der Waals surface area (Å²) in [5.41, 5.74) is 2.88. The molecular weight excluding hydrogens is 264 g/mol. The highest BCUT2D eigenvalue weighted by Gasteiger charge is 2.24. The summed E-state index contributed by atoms with van der Waals surface area (Å²) in [5.74, 6) is 0.474. The van der Waals surface area contributed by atoms with Gasteiger partial charge in [0.15, 0.2) is 0 Å². The van der Waals surface area contributed by atoms with Crippen molar-refractivity contribution in [3.8, 4) is 0 Å². The van der Waals surface area contributed by atoms with Gasteiger partial charge in [0, 0.05) is 37.5 Å². The van der Waals surface area contributed by atoms with Gasteiger partial charge in [-0.3, -0.25) is 4.79 Å². The summed E-state index contributed by atoms with van der Waals surface area (Å²) in [6.07, 6.45) is 2.88. The number of hydrogen-bond acceptors (Lipinski definition) is 3. The second-order valence-electron chi connectivity index (χ2n) is 5.87. The number of benzene rings is 1. The van der Waals surface area contributed by atoms with Crippen molar-refractivity contribution in [1.82, 2.24) is 4.90 Å². The minimum atomic E-state index is 0.117. The fraction of sp³-hybridized carbons (Fsp3) is 0.588. The van der Waals surface area contributed by atoms with Crippen LogP contribution < -0.4 is 5.32 Å². The molecule has 1 aromatic carbocycles. The van der Waals surface area contributed by atoms with Crippen LogP contribution in [0.2, 0.25) is 0 Å². The second-order valence-corrected chi connectivity index (χ2v) is 5.87. The maximum absolute atomic E-state index is 12.6. The Hall–Kier alpha value is -1.55. The SMILES string of the molecule is CCCNc1ccc(C(=O)N2CCC(CO)CC2)c(C)c1. The largest absolute Gasteiger partial charge is 0.396 e. The van der Waals surface area contributed by atoms with Gasteiger partial charge in [-0.1, -0.05) is 6.92 Å². The van der Waals surface area contributed by atoms with Gasteiger partial charge in [0.2, 0.25) is 0 Å². The van der Waals surface area contributed by atoms with Crippen molar-refractivity contribution >= 4 is 11.6 Å². The van der Waals surface area contributed by atoms with Crippen LogP contribution in [0.1, 0.15) is 42.1 Å². The first kappa shape index (κ1) is 15.8. The Balaban J connectivity index is 2.02. The van der Waals surface area contributed by atoms with Gasteiger partial charge >= 0.3 is 0 Å². The molecule has 4 heteroatoms. The average Bonchev–Trinajstić information content (AvgIpc) is 2.52. The van der Waals surface area contributed by atoms with Gasteiger partial charge in [0.1, 0.15) is 0 Å². The molecule has 116 valence electrons. The van der Waals surface area contributed by atoms with Crippen LogP contribution in [0.3, 0.4) is 0 Å². The number of carbonyl (C=O) groups is 1. The second kappa shape index (κ2) is 7.46. The number of aliphatic hydroxyl groups is 1. The Kier molecular flexibility index (Phi) is 5.62. The van der Waals surface area contributed by atoms with Gasteiger partial charge in [-0.15, -0.1) is 0 Å². The van der Waals surface area contributed by atoms with Crippen LogP contribution in [-0.4, -0.2) is 42.2 Å². The number of likely N-dealkylation sites (tertiary alicyclic amines) is 1. The number of anilines is 1. The summed E-state index contributed by atoms with van der Waals surface area (Å²) < 4.78 is 0. The number of aryl methyl sites for hydroxylation is 1. The summed E-state index contributed by atoms with van der Waals surface area (Å²) in [6, 6.07) is 5.95. The van der Waals surface area contributed by atoms with Crippen LogP contribution in [0.5, 0.6) is 0 Å². The minimum Gasteiger partial charge on any atom is -0.396 e. The molecule has 1 aromatic rings. The molecule has 2 rings (SSSR count). The highest BCUT2D eigenvalue weighted by molar-refractivity contribution is 5.96. The van der Waals surface area contributed by atoms with E-state index in [1.165, 1.54) is 0 Å². The molecule has 1 saturated heterocycles. The summed E-state index contributed by atoms with van der Waals surface area (Å²) >= 11 is 0. The Labute approximate surface area is 127 Å². The molecule has 1 aliphatic heterocycles. The van der Waals surface area contributed by atoms with Gasteiger partial charge in [-0.2, -0.15) is 0 Å². The van der Waals surface area contributed by atoms with Crippen molar-refractivity contribution in [1.29, 1.82) is 0 Å². The van der Waals surface area contributed by atoms with Crippen LogP contribution in [-0.2, 0) is 0 Å². The molecule has 0 radical (unpaired) electrons. The van der Waals surface area contributed by atoms with Crippen LogP contribution in [0.4, 0.5) is 5.69 Å². The third kappa shape index (κ3) is 3.97. The van der Waals surface area contributed by atoms with Crippen molar-refractivity contribution in [2.75, 3.05) is 31.6 Å². The molecule has 1 heterocycles. The van der Waals surface area contributed by atoms with E-state index in [1.807, 2.05) is 30.0 Å². The lowest BCUT2D eigenvalue weighted by molar-refractivity contribution is 0.0650. The number of piperidine rings is 1. The van der Waals surface area contributed by atoms with Crippen molar-refractivity contribution < 1.29 is 9.90 Å². The van der Waals surface area contributed by atoms with Gasteiger partial charge in [-0.25, -0.2) is 0 Å². The van der Waals surface area contributed by atoms with Gasteiger partial charge in [0.05, 0.1) is 0 Å². The predicted octanol–water partition coefficient (Wildman–Crippen LogP) is 2.66. The van der Waals surface area contributed by atoms with Gasteiger partial charge < -0.3 is 15.3 Å². The fourth-order valence-corrected chi connectivity index (χ4v) is 2.77. The van der Waals surface area contributed by atoms with E-state index >= 15 is 0 Å². The fourth-order valence-electron chi connectivity index (χ4n) is 2.77. The predicted molar refractivity (Wildman–Crippen MR) is 85.7 cm³/mol. The Morgan fingerprint density at radius 1 is 1.38 bits per heavy atom. The molecule has 0 spiro atoms. The van der Waals surface area contributed by atoms with Crippen molar-refractivity contribution in [3.05, 3.63) is 29.3 Å². The van der Waals surface area contributed by atoms with E-state index in [0.29, 0.717) is 5.92 Å².